The number of aryl methyl sites for hydroxylation is 1. The smallest absolute Gasteiger partial charge is 0.251 e. The molecule has 0 aromatic heterocycles. The summed E-state index contributed by atoms with van der Waals surface area (Å²) in [7, 11) is 0. The number of thioether (sulfide) groups is 1. The molecule has 1 saturated heterocycles. The predicted molar refractivity (Wildman–Crippen MR) is 92.8 cm³/mol. The zero-order chi connectivity index (χ0) is 14.6. The lowest BCUT2D eigenvalue weighted by Crippen LogP contribution is -2.43. The number of rotatable bonds is 4. The van der Waals surface area contributed by atoms with Gasteiger partial charge in [-0.05, 0) is 62.2 Å². The van der Waals surface area contributed by atoms with Gasteiger partial charge in [-0.25, -0.2) is 0 Å². The zero-order valence-electron chi connectivity index (χ0n) is 13.0. The summed E-state index contributed by atoms with van der Waals surface area (Å²) in [5.41, 5.74) is 2.07. The molecule has 2 rings (SSSR count). The molecule has 1 aliphatic heterocycles. The molecule has 0 saturated carbocycles. The molecule has 1 fully saturated rings. The SMILES string of the molecule is CSc1ccc(C)c(C(=O)NCC2(C)CCNCC2)c1.Cl. The Bertz CT molecular complexity index is 487. The van der Waals surface area contributed by atoms with Gasteiger partial charge < -0.3 is 10.6 Å². The maximum Gasteiger partial charge on any atom is 0.251 e. The summed E-state index contributed by atoms with van der Waals surface area (Å²) in [5, 5.41) is 6.49. The van der Waals surface area contributed by atoms with Crippen molar-refractivity contribution in [1.82, 2.24) is 10.6 Å². The van der Waals surface area contributed by atoms with Gasteiger partial charge in [-0.3, -0.25) is 4.79 Å². The van der Waals surface area contributed by atoms with Crippen molar-refractivity contribution in [1.29, 1.82) is 0 Å². The lowest BCUT2D eigenvalue weighted by Gasteiger charge is -2.34. The van der Waals surface area contributed by atoms with Crippen LogP contribution in [0.15, 0.2) is 23.1 Å². The molecular formula is C16H25ClN2OS. The number of piperidine rings is 1. The zero-order valence-corrected chi connectivity index (χ0v) is 14.6. The van der Waals surface area contributed by atoms with E-state index in [2.05, 4.69) is 23.6 Å². The van der Waals surface area contributed by atoms with Gasteiger partial charge in [-0.1, -0.05) is 13.0 Å². The number of nitrogens with one attached hydrogen (secondary N) is 2. The molecule has 1 aliphatic rings. The van der Waals surface area contributed by atoms with Crippen molar-refractivity contribution in [3.8, 4) is 0 Å². The van der Waals surface area contributed by atoms with Crippen molar-refractivity contribution in [2.24, 2.45) is 5.41 Å². The molecule has 0 bridgehead atoms. The van der Waals surface area contributed by atoms with Gasteiger partial charge in [0, 0.05) is 17.0 Å². The second kappa shape index (κ2) is 8.06. The van der Waals surface area contributed by atoms with Crippen LogP contribution in [0.2, 0.25) is 0 Å². The molecule has 0 atom stereocenters. The Morgan fingerprint density at radius 2 is 2.05 bits per heavy atom. The van der Waals surface area contributed by atoms with Crippen LogP contribution in [0.25, 0.3) is 0 Å². The Morgan fingerprint density at radius 3 is 2.67 bits per heavy atom. The van der Waals surface area contributed by atoms with Crippen molar-refractivity contribution in [3.63, 3.8) is 0 Å². The van der Waals surface area contributed by atoms with Crippen LogP contribution in [-0.2, 0) is 0 Å². The molecule has 1 amide bonds. The highest BCUT2D eigenvalue weighted by atomic mass is 35.5. The second-order valence-corrected chi connectivity index (χ2v) is 6.80. The molecule has 118 valence electrons. The van der Waals surface area contributed by atoms with E-state index in [9.17, 15) is 4.79 Å². The first kappa shape index (κ1) is 18.3. The number of carbonyl (C=O) groups is 1. The van der Waals surface area contributed by atoms with E-state index in [1.807, 2.05) is 25.3 Å². The van der Waals surface area contributed by atoms with E-state index in [4.69, 9.17) is 0 Å². The number of benzene rings is 1. The predicted octanol–water partition coefficient (Wildman–Crippen LogP) is 3.26. The number of amides is 1. The average molecular weight is 329 g/mol. The molecule has 0 unspecified atom stereocenters. The van der Waals surface area contributed by atoms with Crippen molar-refractivity contribution < 1.29 is 4.79 Å². The van der Waals surface area contributed by atoms with Gasteiger partial charge in [0.25, 0.3) is 5.91 Å². The summed E-state index contributed by atoms with van der Waals surface area (Å²) < 4.78 is 0. The first-order chi connectivity index (χ1) is 9.54. The van der Waals surface area contributed by atoms with E-state index < -0.39 is 0 Å². The highest BCUT2D eigenvalue weighted by Crippen LogP contribution is 2.27. The number of halogens is 1. The van der Waals surface area contributed by atoms with E-state index in [0.29, 0.717) is 0 Å². The highest BCUT2D eigenvalue weighted by Gasteiger charge is 2.27. The van der Waals surface area contributed by atoms with E-state index in [1.54, 1.807) is 11.8 Å². The summed E-state index contributed by atoms with van der Waals surface area (Å²) in [5.74, 6) is 0.0538. The number of carbonyl (C=O) groups excluding carboxylic acids is 1. The van der Waals surface area contributed by atoms with Crippen molar-refractivity contribution in [2.75, 3.05) is 25.9 Å². The van der Waals surface area contributed by atoms with Crippen LogP contribution in [0, 0.1) is 12.3 Å². The molecule has 0 spiro atoms. The monoisotopic (exact) mass is 328 g/mol. The highest BCUT2D eigenvalue weighted by molar-refractivity contribution is 7.98. The minimum atomic E-state index is 0. The third kappa shape index (κ3) is 4.90. The Labute approximate surface area is 138 Å². The van der Waals surface area contributed by atoms with E-state index >= 15 is 0 Å². The molecule has 1 aromatic carbocycles. The van der Waals surface area contributed by atoms with Crippen molar-refractivity contribution >= 4 is 30.1 Å². The summed E-state index contributed by atoms with van der Waals surface area (Å²) in [6.07, 6.45) is 4.27. The Balaban J connectivity index is 0.00000220. The Morgan fingerprint density at radius 1 is 1.38 bits per heavy atom. The van der Waals surface area contributed by atoms with Crippen LogP contribution in [0.5, 0.6) is 0 Å². The first-order valence-corrected chi connectivity index (χ1v) is 8.40. The second-order valence-electron chi connectivity index (χ2n) is 5.92. The fourth-order valence-electron chi connectivity index (χ4n) is 2.57. The molecule has 5 heteroatoms. The van der Waals surface area contributed by atoms with Crippen LogP contribution in [-0.4, -0.2) is 31.8 Å². The summed E-state index contributed by atoms with van der Waals surface area (Å²) in [4.78, 5) is 13.5. The third-order valence-electron chi connectivity index (χ3n) is 4.18. The quantitative estimate of drug-likeness (QED) is 0.834. The van der Waals surface area contributed by atoms with Crippen LogP contribution < -0.4 is 10.6 Å². The van der Waals surface area contributed by atoms with Crippen LogP contribution in [0.4, 0.5) is 0 Å². The summed E-state index contributed by atoms with van der Waals surface area (Å²) in [6, 6.07) is 6.07. The minimum absolute atomic E-state index is 0. The first-order valence-electron chi connectivity index (χ1n) is 7.18. The average Bonchev–Trinajstić information content (AvgIpc) is 2.46. The van der Waals surface area contributed by atoms with Gasteiger partial charge in [0.05, 0.1) is 0 Å². The lowest BCUT2D eigenvalue weighted by atomic mass is 9.81. The summed E-state index contributed by atoms with van der Waals surface area (Å²) >= 11 is 1.67. The van der Waals surface area contributed by atoms with Gasteiger partial charge in [-0.15, -0.1) is 24.2 Å². The Kier molecular flexibility index (Phi) is 7.04. The number of hydrogen-bond acceptors (Lipinski definition) is 3. The van der Waals surface area contributed by atoms with Gasteiger partial charge in [0.2, 0.25) is 0 Å². The molecule has 1 aromatic rings. The normalized spacial score (nSPS) is 16.9. The van der Waals surface area contributed by atoms with Gasteiger partial charge in [0.15, 0.2) is 0 Å². The lowest BCUT2D eigenvalue weighted by molar-refractivity contribution is 0.0921. The third-order valence-corrected chi connectivity index (χ3v) is 4.90. The maximum absolute atomic E-state index is 12.4. The Hall–Kier alpha value is -0.710. The van der Waals surface area contributed by atoms with Gasteiger partial charge in [-0.2, -0.15) is 0 Å². The van der Waals surface area contributed by atoms with Crippen molar-refractivity contribution in [2.45, 2.75) is 31.6 Å². The summed E-state index contributed by atoms with van der Waals surface area (Å²) in [6.45, 7) is 7.11. The van der Waals surface area contributed by atoms with Crippen LogP contribution in [0.3, 0.4) is 0 Å². The van der Waals surface area contributed by atoms with E-state index in [0.717, 1.165) is 48.5 Å². The fraction of sp³-hybridized carbons (Fsp3) is 0.562. The van der Waals surface area contributed by atoms with Crippen LogP contribution in [0.1, 0.15) is 35.7 Å². The van der Waals surface area contributed by atoms with E-state index in [1.165, 1.54) is 0 Å². The number of hydrogen-bond donors (Lipinski definition) is 2. The van der Waals surface area contributed by atoms with E-state index in [-0.39, 0.29) is 23.7 Å². The minimum Gasteiger partial charge on any atom is -0.351 e. The molecule has 0 radical (unpaired) electrons. The topological polar surface area (TPSA) is 41.1 Å². The van der Waals surface area contributed by atoms with Crippen molar-refractivity contribution in [3.05, 3.63) is 29.3 Å². The van der Waals surface area contributed by atoms with Gasteiger partial charge in [0.1, 0.15) is 0 Å². The maximum atomic E-state index is 12.4. The molecule has 21 heavy (non-hydrogen) atoms. The molecule has 1 heterocycles. The van der Waals surface area contributed by atoms with Gasteiger partial charge >= 0.3 is 0 Å². The standard InChI is InChI=1S/C16H24N2OS.ClH/c1-12-4-5-13(20-3)10-14(12)15(19)18-11-16(2)6-8-17-9-7-16;/h4-5,10,17H,6-9,11H2,1-3H3,(H,18,19);1H. The largest absolute Gasteiger partial charge is 0.351 e. The molecule has 0 aliphatic carbocycles. The molecular weight excluding hydrogens is 304 g/mol. The molecule has 2 N–H and O–H groups in total. The fourth-order valence-corrected chi connectivity index (χ4v) is 3.01. The molecule has 3 nitrogen and oxygen atoms in total. The van der Waals surface area contributed by atoms with Crippen LogP contribution >= 0.6 is 24.2 Å².